The normalized spacial score (nSPS) is 11.6. The molecule has 0 spiro atoms. The van der Waals surface area contributed by atoms with Crippen molar-refractivity contribution in [2.45, 2.75) is 0 Å². The molecule has 0 fully saturated rings. The van der Waals surface area contributed by atoms with Crippen molar-refractivity contribution in [1.82, 2.24) is 0 Å². The SMILES string of the molecule is COCCOC.O=S([O-])O. The molecule has 1 N–H and O–H groups in total. The molecule has 0 saturated carbocycles. The summed E-state index contributed by atoms with van der Waals surface area (Å²) in [6.07, 6.45) is 0. The van der Waals surface area contributed by atoms with Crippen LogP contribution in [-0.4, -0.2) is 40.7 Å². The number of ether oxygens (including phenoxy) is 2. The standard InChI is InChI=1S/C4H10O2.H2O3S/c1-5-3-4-6-2;1-4(2)3/h3-4H2,1-2H3;(H2,1,2,3)/p-1. The fourth-order valence-corrected chi connectivity index (χ4v) is 0.167. The Balaban J connectivity index is 0. The molecule has 0 aromatic rings. The highest BCUT2D eigenvalue weighted by atomic mass is 32.2. The van der Waals surface area contributed by atoms with Crippen LogP contribution in [0, 0.1) is 0 Å². The largest absolute Gasteiger partial charge is 0.750 e. The Kier molecular flexibility index (Phi) is 14.9. The van der Waals surface area contributed by atoms with E-state index in [-0.39, 0.29) is 0 Å². The summed E-state index contributed by atoms with van der Waals surface area (Å²) in [7, 11) is 3.30. The van der Waals surface area contributed by atoms with Crippen molar-refractivity contribution in [3.05, 3.63) is 0 Å². The van der Waals surface area contributed by atoms with Crippen LogP contribution in [-0.2, 0) is 20.8 Å². The lowest BCUT2D eigenvalue weighted by Gasteiger charge is -1.91. The van der Waals surface area contributed by atoms with Crippen LogP contribution in [0.3, 0.4) is 0 Å². The molecule has 5 nitrogen and oxygen atoms in total. The first-order valence-electron chi connectivity index (χ1n) is 2.41. The van der Waals surface area contributed by atoms with Crippen molar-refractivity contribution in [1.29, 1.82) is 0 Å². The Morgan fingerprint density at radius 3 is 1.70 bits per heavy atom. The van der Waals surface area contributed by atoms with Gasteiger partial charge in [-0.3, -0.25) is 0 Å². The second kappa shape index (κ2) is 11.7. The molecule has 0 bridgehead atoms. The minimum atomic E-state index is -2.86. The van der Waals surface area contributed by atoms with Gasteiger partial charge in [-0.1, -0.05) is 0 Å². The number of hydrogen-bond acceptors (Lipinski definition) is 4. The van der Waals surface area contributed by atoms with Gasteiger partial charge in [0.1, 0.15) is 0 Å². The van der Waals surface area contributed by atoms with Gasteiger partial charge in [0.2, 0.25) is 0 Å². The molecule has 6 heteroatoms. The van der Waals surface area contributed by atoms with Gasteiger partial charge in [-0.25, -0.2) is 4.21 Å². The van der Waals surface area contributed by atoms with E-state index in [0.717, 1.165) is 0 Å². The quantitative estimate of drug-likeness (QED) is 0.462. The maximum Gasteiger partial charge on any atom is 0.0814 e. The van der Waals surface area contributed by atoms with Crippen molar-refractivity contribution in [3.8, 4) is 0 Å². The van der Waals surface area contributed by atoms with Crippen LogP contribution in [0.25, 0.3) is 0 Å². The highest BCUT2D eigenvalue weighted by Gasteiger charge is 1.73. The molecule has 0 rings (SSSR count). The Bertz CT molecular complexity index is 68.0. The molecule has 10 heavy (non-hydrogen) atoms. The van der Waals surface area contributed by atoms with E-state index in [2.05, 4.69) is 9.47 Å². The summed E-state index contributed by atoms with van der Waals surface area (Å²) in [6.45, 7) is 1.38. The molecule has 0 heterocycles. The summed E-state index contributed by atoms with van der Waals surface area (Å²) in [5.74, 6) is 0. The van der Waals surface area contributed by atoms with E-state index in [1.165, 1.54) is 0 Å². The molecule has 0 aliphatic heterocycles. The van der Waals surface area contributed by atoms with Crippen LogP contribution >= 0.6 is 0 Å². The van der Waals surface area contributed by atoms with Gasteiger partial charge in [0, 0.05) is 14.2 Å². The van der Waals surface area contributed by atoms with Gasteiger partial charge in [0.15, 0.2) is 0 Å². The van der Waals surface area contributed by atoms with Crippen molar-refractivity contribution in [3.63, 3.8) is 0 Å². The molecule has 1 atom stereocenters. The third kappa shape index (κ3) is 43.7. The van der Waals surface area contributed by atoms with Gasteiger partial charge in [-0.05, 0) is 0 Å². The summed E-state index contributed by atoms with van der Waals surface area (Å²) in [6, 6.07) is 0. The van der Waals surface area contributed by atoms with Gasteiger partial charge < -0.3 is 18.6 Å². The minimum absolute atomic E-state index is 0.691. The highest BCUT2D eigenvalue weighted by Crippen LogP contribution is 1.65. The van der Waals surface area contributed by atoms with E-state index >= 15 is 0 Å². The fraction of sp³-hybridized carbons (Fsp3) is 1.00. The van der Waals surface area contributed by atoms with Crippen LogP contribution < -0.4 is 0 Å². The lowest BCUT2D eigenvalue weighted by molar-refractivity contribution is 0.103. The topological polar surface area (TPSA) is 78.8 Å². The van der Waals surface area contributed by atoms with E-state index in [0.29, 0.717) is 13.2 Å². The summed E-state index contributed by atoms with van der Waals surface area (Å²) in [5, 5.41) is 0. The highest BCUT2D eigenvalue weighted by molar-refractivity contribution is 7.73. The van der Waals surface area contributed by atoms with Crippen LogP contribution in [0.2, 0.25) is 0 Å². The summed E-state index contributed by atoms with van der Waals surface area (Å²) in [4.78, 5) is 0. The molecule has 0 aromatic heterocycles. The number of hydrogen-bond donors (Lipinski definition) is 1. The average Bonchev–Trinajstić information content (AvgIpc) is 1.82. The van der Waals surface area contributed by atoms with E-state index < -0.39 is 11.4 Å². The number of methoxy groups -OCH3 is 2. The average molecular weight is 171 g/mol. The lowest BCUT2D eigenvalue weighted by atomic mass is 10.8. The molecule has 0 radical (unpaired) electrons. The van der Waals surface area contributed by atoms with Crippen molar-refractivity contribution in [2.75, 3.05) is 27.4 Å². The predicted octanol–water partition coefficient (Wildman–Crippen LogP) is -0.382. The second-order valence-corrected chi connectivity index (χ2v) is 1.64. The molecule has 0 amide bonds. The van der Waals surface area contributed by atoms with Gasteiger partial charge in [-0.2, -0.15) is 0 Å². The van der Waals surface area contributed by atoms with Gasteiger partial charge in [0.05, 0.1) is 24.6 Å². The zero-order chi connectivity index (χ0) is 8.41. The third-order valence-corrected chi connectivity index (χ3v) is 0.492. The van der Waals surface area contributed by atoms with Crippen LogP contribution in [0.1, 0.15) is 0 Å². The van der Waals surface area contributed by atoms with Crippen molar-refractivity contribution < 1.29 is 22.8 Å². The van der Waals surface area contributed by atoms with E-state index in [1.54, 1.807) is 14.2 Å². The Morgan fingerprint density at radius 1 is 1.40 bits per heavy atom. The number of rotatable bonds is 3. The maximum atomic E-state index is 8.56. The first-order valence-corrected chi connectivity index (χ1v) is 3.44. The predicted molar refractivity (Wildman–Crippen MR) is 35.3 cm³/mol. The molecule has 0 aliphatic rings. The summed E-state index contributed by atoms with van der Waals surface area (Å²) in [5.41, 5.74) is 0. The van der Waals surface area contributed by atoms with Crippen LogP contribution in [0.4, 0.5) is 0 Å². The van der Waals surface area contributed by atoms with Gasteiger partial charge in [0.25, 0.3) is 0 Å². The molecule has 64 valence electrons. The summed E-state index contributed by atoms with van der Waals surface area (Å²) >= 11 is -2.86. The first kappa shape index (κ1) is 12.6. The Labute approximate surface area is 62.4 Å². The molecular formula is C4H11O5S-. The van der Waals surface area contributed by atoms with E-state index in [9.17, 15) is 0 Å². The molecule has 1 unspecified atom stereocenters. The van der Waals surface area contributed by atoms with Crippen LogP contribution in [0.15, 0.2) is 0 Å². The zero-order valence-electron chi connectivity index (χ0n) is 5.90. The summed E-state index contributed by atoms with van der Waals surface area (Å²) < 4.78 is 33.4. The molecular weight excluding hydrogens is 160 g/mol. The Morgan fingerprint density at radius 2 is 1.60 bits per heavy atom. The maximum absolute atomic E-state index is 8.56. The van der Waals surface area contributed by atoms with Crippen molar-refractivity contribution >= 4 is 11.4 Å². The smallest absolute Gasteiger partial charge is 0.0814 e. The zero-order valence-corrected chi connectivity index (χ0v) is 6.72. The minimum Gasteiger partial charge on any atom is -0.750 e. The molecule has 0 aliphatic carbocycles. The monoisotopic (exact) mass is 171 g/mol. The second-order valence-electron chi connectivity index (χ2n) is 1.20. The molecule has 0 aromatic carbocycles. The third-order valence-electron chi connectivity index (χ3n) is 0.492. The molecule has 0 saturated heterocycles. The van der Waals surface area contributed by atoms with E-state index in [4.69, 9.17) is 13.3 Å². The van der Waals surface area contributed by atoms with Crippen LogP contribution in [0.5, 0.6) is 0 Å². The van der Waals surface area contributed by atoms with E-state index in [1.807, 2.05) is 0 Å². The Hall–Kier alpha value is -0.0100. The van der Waals surface area contributed by atoms with Crippen molar-refractivity contribution in [2.24, 2.45) is 0 Å². The van der Waals surface area contributed by atoms with Gasteiger partial charge >= 0.3 is 0 Å². The first-order chi connectivity index (χ1) is 4.65. The van der Waals surface area contributed by atoms with Gasteiger partial charge in [-0.15, -0.1) is 0 Å². The lowest BCUT2D eigenvalue weighted by Crippen LogP contribution is -1.96. The fourth-order valence-electron chi connectivity index (χ4n) is 0.167.